The number of imide groups is 1. The van der Waals surface area contributed by atoms with Crippen LogP contribution >= 0.6 is 12.2 Å². The second-order valence-electron chi connectivity index (χ2n) is 6.48. The Bertz CT molecular complexity index is 1180. The van der Waals surface area contributed by atoms with Crippen molar-refractivity contribution in [3.05, 3.63) is 56.8 Å². The van der Waals surface area contributed by atoms with Gasteiger partial charge in [0.05, 0.1) is 17.5 Å². The number of rotatable bonds is 4. The van der Waals surface area contributed by atoms with E-state index in [0.717, 1.165) is 0 Å². The highest BCUT2D eigenvalue weighted by Gasteiger charge is 2.34. The van der Waals surface area contributed by atoms with E-state index < -0.39 is 0 Å². The molecular formula is C18H17N5O3S. The van der Waals surface area contributed by atoms with E-state index in [1.165, 1.54) is 14.0 Å². The summed E-state index contributed by atoms with van der Waals surface area (Å²) in [7, 11) is 3.27. The fraction of sp³-hybridized carbons (Fsp3) is 0.278. The molecule has 2 aromatic heterocycles. The van der Waals surface area contributed by atoms with Gasteiger partial charge >= 0.3 is 5.69 Å². The molecule has 1 aromatic carbocycles. The molecule has 3 aromatic rings. The highest BCUT2D eigenvalue weighted by Crippen LogP contribution is 2.22. The van der Waals surface area contributed by atoms with Gasteiger partial charge in [0.25, 0.3) is 11.8 Å². The van der Waals surface area contributed by atoms with E-state index in [0.29, 0.717) is 46.4 Å². The van der Waals surface area contributed by atoms with Crippen molar-refractivity contribution in [1.29, 1.82) is 0 Å². The minimum absolute atomic E-state index is 0.233. The third-order valence-corrected chi connectivity index (χ3v) is 5.34. The van der Waals surface area contributed by atoms with Crippen LogP contribution in [0.4, 0.5) is 0 Å². The van der Waals surface area contributed by atoms with Gasteiger partial charge in [0.2, 0.25) is 0 Å². The zero-order valence-electron chi connectivity index (χ0n) is 14.9. The first-order chi connectivity index (χ1) is 12.9. The van der Waals surface area contributed by atoms with Crippen LogP contribution in [0.5, 0.6) is 0 Å². The molecule has 27 heavy (non-hydrogen) atoms. The standard InChI is InChI=1S/C18H17N5O3S/c1-20-14-13(17(27)21(2)18(20)26)22(10-19-14)8-5-9-23-15(24)11-6-3-4-7-12(11)16(23)25/h3-4,6-7,10H,5,8-9H2,1-2H3. The number of aromatic nitrogens is 4. The van der Waals surface area contributed by atoms with Crippen LogP contribution in [0.1, 0.15) is 27.1 Å². The summed E-state index contributed by atoms with van der Waals surface area (Å²) in [5.41, 5.74) is 1.88. The Morgan fingerprint density at radius 2 is 1.59 bits per heavy atom. The van der Waals surface area contributed by atoms with Gasteiger partial charge in [0.15, 0.2) is 5.65 Å². The lowest BCUT2D eigenvalue weighted by Crippen LogP contribution is -2.31. The molecule has 0 N–H and O–H groups in total. The number of carbonyl (C=O) groups excluding carboxylic acids is 2. The van der Waals surface area contributed by atoms with Crippen LogP contribution in [-0.4, -0.2) is 41.9 Å². The van der Waals surface area contributed by atoms with Gasteiger partial charge in [-0.2, -0.15) is 0 Å². The van der Waals surface area contributed by atoms with E-state index in [1.807, 2.05) is 4.57 Å². The average molecular weight is 383 g/mol. The molecule has 0 saturated heterocycles. The fourth-order valence-electron chi connectivity index (χ4n) is 3.41. The summed E-state index contributed by atoms with van der Waals surface area (Å²) in [6.45, 7) is 0.822. The van der Waals surface area contributed by atoms with E-state index in [4.69, 9.17) is 12.2 Å². The maximum absolute atomic E-state index is 12.4. The van der Waals surface area contributed by atoms with Gasteiger partial charge in [-0.25, -0.2) is 9.78 Å². The van der Waals surface area contributed by atoms with Gasteiger partial charge in [-0.15, -0.1) is 0 Å². The first-order valence-electron chi connectivity index (χ1n) is 8.48. The van der Waals surface area contributed by atoms with Gasteiger partial charge in [-0.3, -0.25) is 23.6 Å². The number of amides is 2. The molecule has 0 spiro atoms. The van der Waals surface area contributed by atoms with Crippen molar-refractivity contribution in [2.24, 2.45) is 14.1 Å². The fourth-order valence-corrected chi connectivity index (χ4v) is 3.69. The van der Waals surface area contributed by atoms with Crippen LogP contribution in [0.15, 0.2) is 35.4 Å². The SMILES string of the molecule is Cn1c(=S)c2c(ncn2CCCN2C(=O)c3ccccc3C2=O)n(C)c1=O. The number of aryl methyl sites for hydroxylation is 2. The number of fused-ring (bicyclic) bond motifs is 2. The molecular weight excluding hydrogens is 366 g/mol. The highest BCUT2D eigenvalue weighted by molar-refractivity contribution is 7.71. The Morgan fingerprint density at radius 1 is 0.963 bits per heavy atom. The Kier molecular flexibility index (Phi) is 4.03. The lowest BCUT2D eigenvalue weighted by Gasteiger charge is -2.14. The Balaban J connectivity index is 1.56. The minimum Gasteiger partial charge on any atom is -0.327 e. The van der Waals surface area contributed by atoms with Crippen molar-refractivity contribution in [2.45, 2.75) is 13.0 Å². The minimum atomic E-state index is -0.260. The second kappa shape index (κ2) is 6.27. The summed E-state index contributed by atoms with van der Waals surface area (Å²) in [5, 5.41) is 0. The molecule has 1 aliphatic heterocycles. The topological polar surface area (TPSA) is 82.1 Å². The first-order valence-corrected chi connectivity index (χ1v) is 8.88. The zero-order valence-corrected chi connectivity index (χ0v) is 15.7. The maximum atomic E-state index is 12.4. The number of benzene rings is 1. The quantitative estimate of drug-likeness (QED) is 0.504. The molecule has 0 aliphatic carbocycles. The summed E-state index contributed by atoms with van der Waals surface area (Å²) in [5.74, 6) is -0.521. The smallest absolute Gasteiger partial charge is 0.327 e. The molecule has 0 radical (unpaired) electrons. The molecule has 8 nitrogen and oxygen atoms in total. The van der Waals surface area contributed by atoms with Gasteiger partial charge in [0, 0.05) is 27.2 Å². The van der Waals surface area contributed by atoms with E-state index in [-0.39, 0.29) is 17.5 Å². The van der Waals surface area contributed by atoms with E-state index in [9.17, 15) is 14.4 Å². The van der Waals surface area contributed by atoms with Gasteiger partial charge in [-0.1, -0.05) is 24.4 Å². The van der Waals surface area contributed by atoms with Gasteiger partial charge in [0.1, 0.15) is 10.2 Å². The normalized spacial score (nSPS) is 13.6. The zero-order chi connectivity index (χ0) is 19.3. The third-order valence-electron chi connectivity index (χ3n) is 4.88. The summed E-state index contributed by atoms with van der Waals surface area (Å²) in [4.78, 5) is 42.5. The van der Waals surface area contributed by atoms with Gasteiger partial charge < -0.3 is 4.57 Å². The number of hydrogen-bond acceptors (Lipinski definition) is 5. The molecule has 4 rings (SSSR count). The summed E-state index contributed by atoms with van der Waals surface area (Å²) >= 11 is 5.40. The van der Waals surface area contributed by atoms with Gasteiger partial charge in [-0.05, 0) is 18.6 Å². The predicted octanol–water partition coefficient (Wildman–Crippen LogP) is 1.49. The van der Waals surface area contributed by atoms with Crippen molar-refractivity contribution < 1.29 is 9.59 Å². The van der Waals surface area contributed by atoms with Crippen LogP contribution in [0.25, 0.3) is 11.2 Å². The molecule has 2 amide bonds. The van der Waals surface area contributed by atoms with E-state index in [2.05, 4.69) is 4.98 Å². The molecule has 9 heteroatoms. The predicted molar refractivity (Wildman–Crippen MR) is 101 cm³/mol. The molecule has 0 saturated carbocycles. The molecule has 0 unspecified atom stereocenters. The van der Waals surface area contributed by atoms with Crippen LogP contribution in [0.2, 0.25) is 0 Å². The van der Waals surface area contributed by atoms with E-state index in [1.54, 1.807) is 44.7 Å². The largest absolute Gasteiger partial charge is 0.330 e. The maximum Gasteiger partial charge on any atom is 0.330 e. The van der Waals surface area contributed by atoms with Crippen molar-refractivity contribution in [1.82, 2.24) is 23.6 Å². The average Bonchev–Trinajstić information content (AvgIpc) is 3.20. The molecule has 0 fully saturated rings. The summed E-state index contributed by atoms with van der Waals surface area (Å²) in [6, 6.07) is 6.84. The van der Waals surface area contributed by atoms with Crippen LogP contribution in [-0.2, 0) is 20.6 Å². The third kappa shape index (κ3) is 2.54. The van der Waals surface area contributed by atoms with Crippen molar-refractivity contribution in [3.8, 4) is 0 Å². The van der Waals surface area contributed by atoms with Crippen molar-refractivity contribution in [2.75, 3.05) is 6.54 Å². The molecule has 3 heterocycles. The number of carbonyl (C=O) groups is 2. The number of imidazole rings is 1. The lowest BCUT2D eigenvalue weighted by molar-refractivity contribution is 0.0651. The van der Waals surface area contributed by atoms with E-state index >= 15 is 0 Å². The van der Waals surface area contributed by atoms with Crippen LogP contribution in [0.3, 0.4) is 0 Å². The van der Waals surface area contributed by atoms with Crippen LogP contribution in [0, 0.1) is 4.64 Å². The van der Waals surface area contributed by atoms with Crippen molar-refractivity contribution >= 4 is 35.2 Å². The van der Waals surface area contributed by atoms with Crippen LogP contribution < -0.4 is 5.69 Å². The molecule has 0 atom stereocenters. The summed E-state index contributed by atoms with van der Waals surface area (Å²) in [6.07, 6.45) is 2.18. The number of hydrogen-bond donors (Lipinski definition) is 0. The monoisotopic (exact) mass is 383 g/mol. The molecule has 138 valence electrons. The second-order valence-corrected chi connectivity index (χ2v) is 6.86. The molecule has 0 bridgehead atoms. The Hall–Kier alpha value is -3.07. The Morgan fingerprint density at radius 3 is 2.22 bits per heavy atom. The lowest BCUT2D eigenvalue weighted by atomic mass is 10.1. The summed E-state index contributed by atoms with van der Waals surface area (Å²) < 4.78 is 5.12. The Labute approximate surface area is 159 Å². The molecule has 1 aliphatic rings. The first kappa shape index (κ1) is 17.3. The highest BCUT2D eigenvalue weighted by atomic mass is 32.1. The van der Waals surface area contributed by atoms with Crippen molar-refractivity contribution in [3.63, 3.8) is 0 Å². The number of nitrogens with zero attached hydrogens (tertiary/aromatic N) is 5.